The van der Waals surface area contributed by atoms with Crippen LogP contribution in [0.4, 0.5) is 0 Å². The molecule has 0 radical (unpaired) electrons. The van der Waals surface area contributed by atoms with Crippen molar-refractivity contribution in [2.24, 2.45) is 0 Å². The van der Waals surface area contributed by atoms with E-state index in [2.05, 4.69) is 4.98 Å². The average Bonchev–Trinajstić information content (AvgIpc) is 3.10. The minimum atomic E-state index is -0.910. The van der Waals surface area contributed by atoms with E-state index >= 15 is 0 Å². The van der Waals surface area contributed by atoms with E-state index in [-0.39, 0.29) is 0 Å². The zero-order valence-corrected chi connectivity index (χ0v) is 13.8. The molecule has 1 N–H and O–H groups in total. The molecular weight excluding hydrogens is 312 g/mol. The van der Waals surface area contributed by atoms with Crippen LogP contribution in [0.2, 0.25) is 0 Å². The molecule has 0 fully saturated rings. The summed E-state index contributed by atoms with van der Waals surface area (Å²) in [7, 11) is 1.81. The fourth-order valence-electron chi connectivity index (χ4n) is 2.64. The van der Waals surface area contributed by atoms with Gasteiger partial charge in [-0.1, -0.05) is 18.2 Å². The van der Waals surface area contributed by atoms with Gasteiger partial charge in [-0.3, -0.25) is 9.69 Å². The van der Waals surface area contributed by atoms with Crippen molar-refractivity contribution in [2.45, 2.75) is 19.4 Å². The minimum Gasteiger partial charge on any atom is -0.480 e. The largest absolute Gasteiger partial charge is 0.480 e. The van der Waals surface area contributed by atoms with E-state index in [1.165, 1.54) is 4.88 Å². The van der Waals surface area contributed by atoms with Crippen LogP contribution in [0.3, 0.4) is 0 Å². The molecule has 0 aliphatic heterocycles. The van der Waals surface area contributed by atoms with E-state index in [1.807, 2.05) is 49.8 Å². The number of likely N-dealkylation sites (N-methyl/N-ethyl adjacent to an activating group) is 1. The van der Waals surface area contributed by atoms with E-state index in [0.29, 0.717) is 17.9 Å². The third-order valence-corrected chi connectivity index (χ3v) is 4.92. The van der Waals surface area contributed by atoms with Gasteiger partial charge in [-0.05, 0) is 32.5 Å². The number of aromatic nitrogens is 1. The second-order valence-electron chi connectivity index (χ2n) is 5.52. The molecule has 120 valence electrons. The Labute approximate surface area is 138 Å². The average molecular weight is 330 g/mol. The third-order valence-electron chi connectivity index (χ3n) is 3.93. The Kier molecular flexibility index (Phi) is 4.45. The lowest BCUT2D eigenvalue weighted by molar-refractivity contribution is -0.143. The van der Waals surface area contributed by atoms with Gasteiger partial charge >= 0.3 is 5.97 Å². The van der Waals surface area contributed by atoms with Crippen LogP contribution in [-0.2, 0) is 11.2 Å². The van der Waals surface area contributed by atoms with Gasteiger partial charge in [-0.25, -0.2) is 4.98 Å². The molecule has 3 rings (SSSR count). The van der Waals surface area contributed by atoms with Gasteiger partial charge < -0.3 is 9.52 Å². The molecule has 0 amide bonds. The molecule has 2 heterocycles. The highest BCUT2D eigenvalue weighted by Crippen LogP contribution is 2.27. The zero-order chi connectivity index (χ0) is 16.4. The summed E-state index contributed by atoms with van der Waals surface area (Å²) in [4.78, 5) is 19.0. The number of carbonyl (C=O) groups is 1. The van der Waals surface area contributed by atoms with Crippen molar-refractivity contribution in [1.29, 1.82) is 0 Å². The number of carboxylic acids is 1. The van der Waals surface area contributed by atoms with Crippen molar-refractivity contribution in [3.05, 3.63) is 52.2 Å². The van der Waals surface area contributed by atoms with Crippen LogP contribution in [0.1, 0.15) is 22.4 Å². The van der Waals surface area contributed by atoms with Crippen LogP contribution in [0.25, 0.3) is 11.0 Å². The molecule has 3 aromatic rings. The molecule has 0 unspecified atom stereocenters. The van der Waals surface area contributed by atoms with Gasteiger partial charge in [0.15, 0.2) is 6.04 Å². The van der Waals surface area contributed by atoms with Gasteiger partial charge in [-0.15, -0.1) is 11.3 Å². The summed E-state index contributed by atoms with van der Waals surface area (Å²) < 4.78 is 5.74. The van der Waals surface area contributed by atoms with Gasteiger partial charge in [0.1, 0.15) is 11.3 Å². The molecule has 1 aromatic carbocycles. The van der Waals surface area contributed by atoms with Crippen LogP contribution in [0.5, 0.6) is 0 Å². The number of para-hydroxylation sites is 1. The molecule has 0 aliphatic rings. The molecule has 1 atom stereocenters. The number of fused-ring (bicyclic) bond motifs is 1. The predicted molar refractivity (Wildman–Crippen MR) is 89.8 cm³/mol. The molecule has 5 nitrogen and oxygen atoms in total. The number of thiazole rings is 1. The van der Waals surface area contributed by atoms with Crippen LogP contribution >= 0.6 is 11.3 Å². The topological polar surface area (TPSA) is 66.6 Å². The van der Waals surface area contributed by atoms with Gasteiger partial charge in [0.25, 0.3) is 0 Å². The van der Waals surface area contributed by atoms with E-state index in [4.69, 9.17) is 4.42 Å². The van der Waals surface area contributed by atoms with Crippen LogP contribution in [0.15, 0.2) is 40.3 Å². The summed E-state index contributed by atoms with van der Waals surface area (Å²) in [6.07, 6.45) is 0.775. The van der Waals surface area contributed by atoms with E-state index < -0.39 is 12.0 Å². The van der Waals surface area contributed by atoms with Crippen LogP contribution in [-0.4, -0.2) is 34.6 Å². The number of hydrogen-bond donors (Lipinski definition) is 1. The van der Waals surface area contributed by atoms with E-state index in [1.54, 1.807) is 16.2 Å². The van der Waals surface area contributed by atoms with Crippen molar-refractivity contribution < 1.29 is 14.3 Å². The first-order chi connectivity index (χ1) is 11.1. The summed E-state index contributed by atoms with van der Waals surface area (Å²) >= 11 is 1.60. The number of aliphatic carboxylic acids is 1. The molecule has 0 bridgehead atoms. The monoisotopic (exact) mass is 330 g/mol. The normalized spacial score (nSPS) is 12.8. The fourth-order valence-corrected chi connectivity index (χ4v) is 3.41. The Bertz CT molecular complexity index is 791. The SMILES string of the molecule is Cc1ncsc1CCN(C)[C@H](C(=O)O)c1cc2ccccc2o1. The lowest BCUT2D eigenvalue weighted by Gasteiger charge is -2.22. The lowest BCUT2D eigenvalue weighted by Crippen LogP contribution is -2.32. The number of aryl methyl sites for hydroxylation is 1. The zero-order valence-electron chi connectivity index (χ0n) is 13.0. The van der Waals surface area contributed by atoms with E-state index in [0.717, 1.165) is 17.5 Å². The van der Waals surface area contributed by atoms with Crippen molar-refractivity contribution in [3.8, 4) is 0 Å². The van der Waals surface area contributed by atoms with Crippen molar-refractivity contribution in [2.75, 3.05) is 13.6 Å². The second-order valence-corrected chi connectivity index (χ2v) is 6.46. The van der Waals surface area contributed by atoms with Crippen LogP contribution in [0, 0.1) is 6.92 Å². The third kappa shape index (κ3) is 3.28. The molecule has 0 aliphatic carbocycles. The Balaban J connectivity index is 1.80. The highest BCUT2D eigenvalue weighted by molar-refractivity contribution is 7.09. The maximum atomic E-state index is 11.7. The van der Waals surface area contributed by atoms with Crippen molar-refractivity contribution >= 4 is 28.3 Å². The summed E-state index contributed by atoms with van der Waals surface area (Å²) in [5.74, 6) is -0.449. The Morgan fingerprint density at radius 1 is 1.43 bits per heavy atom. The first-order valence-corrected chi connectivity index (χ1v) is 8.24. The maximum Gasteiger partial charge on any atom is 0.328 e. The van der Waals surface area contributed by atoms with Crippen molar-refractivity contribution in [1.82, 2.24) is 9.88 Å². The number of hydrogen-bond acceptors (Lipinski definition) is 5. The lowest BCUT2D eigenvalue weighted by atomic mass is 10.1. The second kappa shape index (κ2) is 6.52. The van der Waals surface area contributed by atoms with Crippen molar-refractivity contribution in [3.63, 3.8) is 0 Å². The van der Waals surface area contributed by atoms with Crippen LogP contribution < -0.4 is 0 Å². The molecule has 23 heavy (non-hydrogen) atoms. The summed E-state index contributed by atoms with van der Waals surface area (Å²) in [5.41, 5.74) is 3.54. The smallest absolute Gasteiger partial charge is 0.328 e. The summed E-state index contributed by atoms with van der Waals surface area (Å²) in [6.45, 7) is 2.59. The number of benzene rings is 1. The Morgan fingerprint density at radius 3 is 2.87 bits per heavy atom. The highest BCUT2D eigenvalue weighted by atomic mass is 32.1. The number of carboxylic acid groups (broad SMARTS) is 1. The van der Waals surface area contributed by atoms with E-state index in [9.17, 15) is 9.90 Å². The first-order valence-electron chi connectivity index (χ1n) is 7.36. The van der Waals surface area contributed by atoms with Gasteiger partial charge in [0.05, 0.1) is 11.2 Å². The number of nitrogens with zero attached hydrogens (tertiary/aromatic N) is 2. The standard InChI is InChI=1S/C17H18N2O3S/c1-11-15(23-10-18-11)7-8-19(2)16(17(20)21)14-9-12-5-3-4-6-13(12)22-14/h3-6,9-10,16H,7-8H2,1-2H3,(H,20,21)/t16-/m0/s1. The number of furan rings is 1. The molecule has 0 saturated heterocycles. The molecule has 2 aromatic heterocycles. The van der Waals surface area contributed by atoms with Gasteiger partial charge in [0.2, 0.25) is 0 Å². The molecule has 0 saturated carbocycles. The Hall–Kier alpha value is -2.18. The summed E-state index contributed by atoms with van der Waals surface area (Å²) in [6, 6.07) is 8.56. The summed E-state index contributed by atoms with van der Waals surface area (Å²) in [5, 5.41) is 10.5. The van der Waals surface area contributed by atoms with Gasteiger partial charge in [-0.2, -0.15) is 0 Å². The quantitative estimate of drug-likeness (QED) is 0.749. The highest BCUT2D eigenvalue weighted by Gasteiger charge is 2.28. The Morgan fingerprint density at radius 2 is 2.22 bits per heavy atom. The predicted octanol–water partition coefficient (Wildman–Crippen LogP) is 3.50. The molecule has 6 heteroatoms. The molecular formula is C17H18N2O3S. The minimum absolute atomic E-state index is 0.460. The number of rotatable bonds is 6. The fraction of sp³-hybridized carbons (Fsp3) is 0.294. The molecule has 0 spiro atoms. The first kappa shape index (κ1) is 15.7. The van der Waals surface area contributed by atoms with Gasteiger partial charge in [0, 0.05) is 16.8 Å². The maximum absolute atomic E-state index is 11.7.